The van der Waals surface area contributed by atoms with Crippen LogP contribution in [0, 0.1) is 6.92 Å². The molecule has 0 saturated carbocycles. The number of nitrogens with two attached hydrogens (primary N) is 1. The van der Waals surface area contributed by atoms with Crippen molar-refractivity contribution in [1.82, 2.24) is 24.6 Å². The predicted molar refractivity (Wildman–Crippen MR) is 114 cm³/mol. The smallest absolute Gasteiger partial charge is 0.407 e. The molecule has 2 aromatic heterocycles. The molecule has 0 spiro atoms. The second-order valence-electron chi connectivity index (χ2n) is 7.49. The first-order valence-electron chi connectivity index (χ1n) is 9.57. The Morgan fingerprint density at radius 2 is 2.13 bits per heavy atom. The third-order valence-electron chi connectivity index (χ3n) is 5.79. The summed E-state index contributed by atoms with van der Waals surface area (Å²) in [6.07, 6.45) is 0.979. The fourth-order valence-electron chi connectivity index (χ4n) is 4.12. The summed E-state index contributed by atoms with van der Waals surface area (Å²) in [7, 11) is 1.56. The first-order valence-corrected chi connectivity index (χ1v) is 9.94. The number of nitrogens with zero attached hydrogens (tertiary/aromatic N) is 5. The second kappa shape index (κ2) is 7.69. The fourth-order valence-corrected chi connectivity index (χ4v) is 4.34. The maximum absolute atomic E-state index is 11.6. The molecular formula is C20H21ClN6O4. The Labute approximate surface area is 182 Å². The lowest BCUT2D eigenvalue weighted by Crippen LogP contribution is -2.48. The zero-order chi connectivity index (χ0) is 22.4. The van der Waals surface area contributed by atoms with Gasteiger partial charge in [-0.2, -0.15) is 5.10 Å². The molecule has 3 N–H and O–H groups in total. The summed E-state index contributed by atoms with van der Waals surface area (Å²) in [5, 5.41) is 14.5. The van der Waals surface area contributed by atoms with Crippen LogP contribution in [0.15, 0.2) is 12.4 Å². The lowest BCUT2D eigenvalue weighted by atomic mass is 9.85. The van der Waals surface area contributed by atoms with Gasteiger partial charge in [0.2, 0.25) is 0 Å². The van der Waals surface area contributed by atoms with Gasteiger partial charge in [0.25, 0.3) is 0 Å². The van der Waals surface area contributed by atoms with Gasteiger partial charge in [0, 0.05) is 35.2 Å². The lowest BCUT2D eigenvalue weighted by molar-refractivity contribution is 0.104. The summed E-state index contributed by atoms with van der Waals surface area (Å²) in [4.78, 5) is 32.3. The maximum Gasteiger partial charge on any atom is 0.407 e. The number of aldehydes is 1. The number of carbonyl (C=O) groups excluding carboxylic acids is 1. The Hall–Kier alpha value is -3.40. The highest BCUT2D eigenvalue weighted by Crippen LogP contribution is 2.44. The molecule has 3 heterocycles. The number of amides is 1. The number of benzene rings is 1. The first-order chi connectivity index (χ1) is 14.8. The van der Waals surface area contributed by atoms with Gasteiger partial charge in [-0.15, -0.1) is 0 Å². The van der Waals surface area contributed by atoms with E-state index in [-0.39, 0.29) is 17.4 Å². The number of methoxy groups -OCH3 is 1. The summed E-state index contributed by atoms with van der Waals surface area (Å²) < 4.78 is 7.38. The van der Waals surface area contributed by atoms with Crippen LogP contribution >= 0.6 is 11.6 Å². The standard InChI is InChI=1S/C20H21ClN6O4/c1-9-13(21)4-12(17(31-3)15(9)11-5-26(6-11)20(29)30)10(2)27-19-16(14(7-28)25-27)18(22)23-8-24-19/h4,7-8,10-11H,5-6H2,1-3H3,(H,29,30)(H2,22,23,24). The van der Waals surface area contributed by atoms with Crippen molar-refractivity contribution < 1.29 is 19.4 Å². The van der Waals surface area contributed by atoms with Gasteiger partial charge >= 0.3 is 6.09 Å². The van der Waals surface area contributed by atoms with E-state index in [9.17, 15) is 14.7 Å². The number of halogens is 1. The number of carboxylic acid groups (broad SMARTS) is 1. The number of ether oxygens (including phenoxy) is 1. The van der Waals surface area contributed by atoms with Crippen LogP contribution in [0.1, 0.15) is 46.1 Å². The molecule has 0 bridgehead atoms. The molecule has 1 amide bonds. The van der Waals surface area contributed by atoms with Crippen molar-refractivity contribution >= 4 is 40.8 Å². The Kier molecular flexibility index (Phi) is 5.18. The molecule has 1 atom stereocenters. The van der Waals surface area contributed by atoms with Crippen molar-refractivity contribution in [3.63, 3.8) is 0 Å². The Morgan fingerprint density at radius 3 is 2.74 bits per heavy atom. The number of hydrogen-bond acceptors (Lipinski definition) is 7. The molecule has 31 heavy (non-hydrogen) atoms. The van der Waals surface area contributed by atoms with E-state index in [1.807, 2.05) is 13.8 Å². The summed E-state index contributed by atoms with van der Waals surface area (Å²) in [5.74, 6) is 0.750. The average Bonchev–Trinajstić information content (AvgIpc) is 3.09. The van der Waals surface area contributed by atoms with Gasteiger partial charge in [-0.05, 0) is 25.5 Å². The van der Waals surface area contributed by atoms with Crippen LogP contribution in [0.4, 0.5) is 10.6 Å². The largest absolute Gasteiger partial charge is 0.496 e. The normalized spacial score (nSPS) is 15.0. The van der Waals surface area contributed by atoms with Crippen LogP contribution in [0.5, 0.6) is 5.75 Å². The molecule has 10 nitrogen and oxygen atoms in total. The van der Waals surface area contributed by atoms with Gasteiger partial charge in [-0.3, -0.25) is 4.79 Å². The topological polar surface area (TPSA) is 136 Å². The van der Waals surface area contributed by atoms with Gasteiger partial charge in [-0.1, -0.05) is 11.6 Å². The number of anilines is 1. The van der Waals surface area contributed by atoms with Gasteiger partial charge in [0.1, 0.15) is 23.6 Å². The minimum absolute atomic E-state index is 0.0337. The summed E-state index contributed by atoms with van der Waals surface area (Å²) in [5.41, 5.74) is 8.97. The minimum Gasteiger partial charge on any atom is -0.496 e. The number of likely N-dealkylation sites (tertiary alicyclic amines) is 1. The number of aromatic nitrogens is 4. The second-order valence-corrected chi connectivity index (χ2v) is 7.89. The van der Waals surface area contributed by atoms with E-state index in [1.54, 1.807) is 17.9 Å². The highest BCUT2D eigenvalue weighted by atomic mass is 35.5. The van der Waals surface area contributed by atoms with Gasteiger partial charge in [0.05, 0.1) is 18.5 Å². The van der Waals surface area contributed by atoms with E-state index in [0.717, 1.165) is 16.7 Å². The molecule has 1 saturated heterocycles. The van der Waals surface area contributed by atoms with Crippen molar-refractivity contribution in [3.05, 3.63) is 39.8 Å². The van der Waals surface area contributed by atoms with Crippen LogP contribution in [-0.4, -0.2) is 62.3 Å². The third-order valence-corrected chi connectivity index (χ3v) is 6.18. The quantitative estimate of drug-likeness (QED) is 0.573. The molecule has 1 aromatic carbocycles. The van der Waals surface area contributed by atoms with E-state index >= 15 is 0 Å². The third kappa shape index (κ3) is 3.23. The molecular weight excluding hydrogens is 424 g/mol. The average molecular weight is 445 g/mol. The summed E-state index contributed by atoms with van der Waals surface area (Å²) in [6.45, 7) is 4.51. The predicted octanol–water partition coefficient (Wildman–Crippen LogP) is 2.88. The van der Waals surface area contributed by atoms with Gasteiger partial charge in [0.15, 0.2) is 11.9 Å². The van der Waals surface area contributed by atoms with E-state index in [0.29, 0.717) is 41.2 Å². The molecule has 162 valence electrons. The zero-order valence-electron chi connectivity index (χ0n) is 17.2. The Bertz CT molecular complexity index is 1200. The van der Waals surface area contributed by atoms with Crippen LogP contribution in [0.2, 0.25) is 5.02 Å². The first kappa shape index (κ1) is 20.9. The number of fused-ring (bicyclic) bond motifs is 1. The highest BCUT2D eigenvalue weighted by molar-refractivity contribution is 6.31. The molecule has 4 rings (SSSR count). The zero-order valence-corrected chi connectivity index (χ0v) is 17.9. The molecule has 1 aliphatic rings. The van der Waals surface area contributed by atoms with Crippen LogP contribution in [0.25, 0.3) is 11.0 Å². The molecule has 1 aliphatic heterocycles. The molecule has 0 radical (unpaired) electrons. The van der Waals surface area contributed by atoms with Crippen molar-refractivity contribution in [3.8, 4) is 5.75 Å². The summed E-state index contributed by atoms with van der Waals surface area (Å²) in [6, 6.07) is 1.39. The van der Waals surface area contributed by atoms with Crippen LogP contribution in [0.3, 0.4) is 0 Å². The van der Waals surface area contributed by atoms with E-state index < -0.39 is 12.1 Å². The highest BCUT2D eigenvalue weighted by Gasteiger charge is 2.36. The Morgan fingerprint density at radius 1 is 1.42 bits per heavy atom. The number of hydrogen-bond donors (Lipinski definition) is 2. The monoisotopic (exact) mass is 444 g/mol. The molecule has 0 aliphatic carbocycles. The van der Waals surface area contributed by atoms with E-state index in [2.05, 4.69) is 15.1 Å². The fraction of sp³-hybridized carbons (Fsp3) is 0.350. The van der Waals surface area contributed by atoms with Crippen LogP contribution in [-0.2, 0) is 0 Å². The number of rotatable bonds is 5. The Balaban J connectivity index is 1.86. The number of carbonyl (C=O) groups is 2. The van der Waals surface area contributed by atoms with Crippen LogP contribution < -0.4 is 10.5 Å². The maximum atomic E-state index is 11.6. The molecule has 11 heteroatoms. The van der Waals surface area contributed by atoms with Gasteiger partial charge in [-0.25, -0.2) is 19.4 Å². The number of nitrogen functional groups attached to an aromatic ring is 1. The van der Waals surface area contributed by atoms with Crippen molar-refractivity contribution in [2.45, 2.75) is 25.8 Å². The molecule has 3 aromatic rings. The van der Waals surface area contributed by atoms with E-state index in [1.165, 1.54) is 11.2 Å². The SMILES string of the molecule is COc1c(C(C)n2nc(C=O)c3c(N)ncnc32)cc(Cl)c(C)c1C1CN(C(=O)O)C1. The lowest BCUT2D eigenvalue weighted by Gasteiger charge is -2.39. The van der Waals surface area contributed by atoms with Crippen molar-refractivity contribution in [2.24, 2.45) is 0 Å². The van der Waals surface area contributed by atoms with Gasteiger partial charge < -0.3 is 20.5 Å². The molecule has 1 unspecified atom stereocenters. The molecule has 1 fully saturated rings. The minimum atomic E-state index is -0.954. The van der Waals surface area contributed by atoms with Crippen molar-refractivity contribution in [2.75, 3.05) is 25.9 Å². The summed E-state index contributed by atoms with van der Waals surface area (Å²) >= 11 is 6.56. The van der Waals surface area contributed by atoms with Crippen molar-refractivity contribution in [1.29, 1.82) is 0 Å². The van der Waals surface area contributed by atoms with E-state index in [4.69, 9.17) is 22.1 Å².